The van der Waals surface area contributed by atoms with Gasteiger partial charge in [0.05, 0.1) is 37.1 Å². The Morgan fingerprint density at radius 3 is 2.55 bits per heavy atom. The van der Waals surface area contributed by atoms with Crippen molar-refractivity contribution in [3.63, 3.8) is 0 Å². The molecule has 2 aliphatic heterocycles. The van der Waals surface area contributed by atoms with Crippen LogP contribution in [0.2, 0.25) is 0 Å². The highest BCUT2D eigenvalue weighted by molar-refractivity contribution is 5.77. The molecule has 1 amide bonds. The number of piperazine rings is 1. The van der Waals surface area contributed by atoms with Crippen molar-refractivity contribution < 1.29 is 24.5 Å². The highest BCUT2D eigenvalue weighted by Crippen LogP contribution is 2.29. The first kappa shape index (κ1) is 23.4. The van der Waals surface area contributed by atoms with E-state index in [0.717, 1.165) is 17.1 Å². The highest BCUT2D eigenvalue weighted by Gasteiger charge is 2.43. The molecule has 4 atom stereocenters. The average Bonchev–Trinajstić information content (AvgIpc) is 3.12. The minimum Gasteiger partial charge on any atom is -0.495 e. The van der Waals surface area contributed by atoms with Crippen molar-refractivity contribution in [1.29, 1.82) is 0 Å². The van der Waals surface area contributed by atoms with E-state index >= 15 is 0 Å². The number of hydrogen-bond donors (Lipinski definition) is 3. The van der Waals surface area contributed by atoms with Gasteiger partial charge in [-0.15, -0.1) is 0 Å². The summed E-state index contributed by atoms with van der Waals surface area (Å²) in [6.45, 7) is 3.45. The Hall–Kier alpha value is -2.72. The zero-order valence-electron chi connectivity index (χ0n) is 18.8. The normalized spacial score (nSPS) is 25.3. The van der Waals surface area contributed by atoms with Gasteiger partial charge in [-0.2, -0.15) is 0 Å². The lowest BCUT2D eigenvalue weighted by atomic mass is 10.0. The van der Waals surface area contributed by atoms with E-state index in [1.807, 2.05) is 42.5 Å². The second-order valence-corrected chi connectivity index (χ2v) is 8.39. The number of aromatic nitrogens is 1. The maximum Gasteiger partial charge on any atom is 0.225 e. The first-order chi connectivity index (χ1) is 16.1. The Morgan fingerprint density at radius 2 is 1.82 bits per heavy atom. The van der Waals surface area contributed by atoms with Gasteiger partial charge in [0.25, 0.3) is 0 Å². The van der Waals surface area contributed by atoms with Crippen LogP contribution in [0.3, 0.4) is 0 Å². The summed E-state index contributed by atoms with van der Waals surface area (Å²) in [7, 11) is 1.65. The molecule has 0 unspecified atom stereocenters. The van der Waals surface area contributed by atoms with E-state index in [9.17, 15) is 15.0 Å². The van der Waals surface area contributed by atoms with Gasteiger partial charge in [0.1, 0.15) is 18.0 Å². The van der Waals surface area contributed by atoms with Crippen LogP contribution in [-0.4, -0.2) is 90.3 Å². The highest BCUT2D eigenvalue weighted by atomic mass is 16.5. The van der Waals surface area contributed by atoms with Gasteiger partial charge in [0.15, 0.2) is 0 Å². The van der Waals surface area contributed by atoms with E-state index in [4.69, 9.17) is 9.47 Å². The summed E-state index contributed by atoms with van der Waals surface area (Å²) in [5.41, 5.74) is 1.90. The predicted octanol–water partition coefficient (Wildman–Crippen LogP) is 0.408. The lowest BCUT2D eigenvalue weighted by Gasteiger charge is -2.37. The Labute approximate surface area is 193 Å². The number of aliphatic hydroxyl groups is 2. The molecule has 0 spiro atoms. The molecule has 178 valence electrons. The molecule has 9 nitrogen and oxygen atoms in total. The third kappa shape index (κ3) is 5.62. The predicted molar refractivity (Wildman–Crippen MR) is 123 cm³/mol. The Morgan fingerprint density at radius 1 is 1.09 bits per heavy atom. The van der Waals surface area contributed by atoms with Gasteiger partial charge in [0.2, 0.25) is 5.91 Å². The van der Waals surface area contributed by atoms with Crippen molar-refractivity contribution in [3.05, 3.63) is 54.4 Å². The molecular formula is C24H32N4O5. The van der Waals surface area contributed by atoms with Gasteiger partial charge in [-0.3, -0.25) is 9.78 Å². The summed E-state index contributed by atoms with van der Waals surface area (Å²) in [5.74, 6) is 0.740. The van der Waals surface area contributed by atoms with E-state index in [0.29, 0.717) is 39.3 Å². The number of anilines is 1. The third-order valence-electron chi connectivity index (χ3n) is 6.27. The molecule has 4 rings (SSSR count). The topological polar surface area (TPSA) is 107 Å². The number of pyridine rings is 1. The zero-order valence-corrected chi connectivity index (χ0v) is 18.8. The second-order valence-electron chi connectivity index (χ2n) is 8.39. The number of nitrogens with zero attached hydrogens (tertiary/aromatic N) is 3. The van der Waals surface area contributed by atoms with Crippen molar-refractivity contribution in [3.8, 4) is 5.75 Å². The van der Waals surface area contributed by atoms with E-state index in [1.165, 1.54) is 0 Å². The molecule has 2 aliphatic rings. The largest absolute Gasteiger partial charge is 0.495 e. The number of para-hydroxylation sites is 2. The lowest BCUT2D eigenvalue weighted by molar-refractivity contribution is -0.135. The van der Waals surface area contributed by atoms with E-state index in [1.54, 1.807) is 18.2 Å². The second kappa shape index (κ2) is 10.9. The Kier molecular flexibility index (Phi) is 7.77. The number of ether oxygens (including phenoxy) is 2. The molecule has 33 heavy (non-hydrogen) atoms. The minimum absolute atomic E-state index is 0.0453. The van der Waals surface area contributed by atoms with Crippen LogP contribution in [0, 0.1) is 0 Å². The summed E-state index contributed by atoms with van der Waals surface area (Å²) >= 11 is 0. The molecule has 3 heterocycles. The van der Waals surface area contributed by atoms with Crippen molar-refractivity contribution in [2.45, 2.75) is 37.4 Å². The fraction of sp³-hybridized carbons (Fsp3) is 0.500. The first-order valence-electron chi connectivity index (χ1n) is 11.3. The van der Waals surface area contributed by atoms with Gasteiger partial charge in [0, 0.05) is 45.5 Å². The van der Waals surface area contributed by atoms with Crippen LogP contribution in [0.25, 0.3) is 0 Å². The Bertz CT molecular complexity index is 907. The number of methoxy groups -OCH3 is 1. The molecule has 0 radical (unpaired) electrons. The molecular weight excluding hydrogens is 424 g/mol. The number of rotatable bonds is 8. The van der Waals surface area contributed by atoms with E-state index < -0.39 is 24.4 Å². The number of hydrogen-bond acceptors (Lipinski definition) is 8. The lowest BCUT2D eigenvalue weighted by Crippen LogP contribution is -2.50. The van der Waals surface area contributed by atoms with Crippen molar-refractivity contribution in [2.75, 3.05) is 44.7 Å². The SMILES string of the molecule is COc1ccccc1N1CCN(C(=O)C[C@H]2O[C@H](CNCc3ccccn3)[C@@H](O)[C@H]2O)CC1. The molecule has 9 heteroatoms. The quantitative estimate of drug-likeness (QED) is 0.524. The van der Waals surface area contributed by atoms with Crippen LogP contribution in [0.5, 0.6) is 5.75 Å². The molecule has 2 fully saturated rings. The summed E-state index contributed by atoms with van der Waals surface area (Å²) < 4.78 is 11.3. The molecule has 2 saturated heterocycles. The number of carbonyl (C=O) groups is 1. The standard InChI is InChI=1S/C24H32N4O5/c1-32-19-8-3-2-7-18(19)27-10-12-28(13-11-27)22(29)14-20-23(30)24(31)21(33-20)16-25-15-17-6-4-5-9-26-17/h2-9,20-21,23-25,30-31H,10-16H2,1H3/t20-,21-,23+,24-/m1/s1. The van der Waals surface area contributed by atoms with Gasteiger partial charge in [-0.05, 0) is 24.3 Å². The van der Waals surface area contributed by atoms with Crippen LogP contribution >= 0.6 is 0 Å². The molecule has 1 aromatic heterocycles. The van der Waals surface area contributed by atoms with Crippen LogP contribution < -0.4 is 15.0 Å². The number of benzene rings is 1. The van der Waals surface area contributed by atoms with Crippen molar-refractivity contribution in [1.82, 2.24) is 15.2 Å². The van der Waals surface area contributed by atoms with Gasteiger partial charge >= 0.3 is 0 Å². The maximum atomic E-state index is 12.9. The summed E-state index contributed by atoms with van der Waals surface area (Å²) in [4.78, 5) is 21.1. The van der Waals surface area contributed by atoms with Crippen molar-refractivity contribution in [2.24, 2.45) is 0 Å². The molecule has 3 N–H and O–H groups in total. The minimum atomic E-state index is -1.09. The summed E-state index contributed by atoms with van der Waals surface area (Å²) in [5, 5.41) is 24.0. The Balaban J connectivity index is 1.24. The average molecular weight is 457 g/mol. The fourth-order valence-electron chi connectivity index (χ4n) is 4.40. The molecule has 0 bridgehead atoms. The van der Waals surface area contributed by atoms with Gasteiger partial charge in [-0.1, -0.05) is 18.2 Å². The number of aliphatic hydroxyl groups excluding tert-OH is 2. The zero-order chi connectivity index (χ0) is 23.2. The van der Waals surface area contributed by atoms with Gasteiger partial charge < -0.3 is 34.8 Å². The van der Waals surface area contributed by atoms with E-state index in [2.05, 4.69) is 15.2 Å². The number of amides is 1. The molecule has 1 aromatic carbocycles. The van der Waals surface area contributed by atoms with Gasteiger partial charge in [-0.25, -0.2) is 0 Å². The maximum absolute atomic E-state index is 12.9. The van der Waals surface area contributed by atoms with Crippen LogP contribution in [-0.2, 0) is 16.1 Å². The molecule has 0 aliphatic carbocycles. The van der Waals surface area contributed by atoms with Crippen LogP contribution in [0.15, 0.2) is 48.7 Å². The van der Waals surface area contributed by atoms with Crippen LogP contribution in [0.1, 0.15) is 12.1 Å². The molecule has 2 aromatic rings. The summed E-state index contributed by atoms with van der Waals surface area (Å²) in [6.07, 6.45) is -1.67. The van der Waals surface area contributed by atoms with E-state index in [-0.39, 0.29) is 12.3 Å². The fourth-order valence-corrected chi connectivity index (χ4v) is 4.40. The number of nitrogens with one attached hydrogen (secondary N) is 1. The smallest absolute Gasteiger partial charge is 0.225 e. The van der Waals surface area contributed by atoms with Crippen molar-refractivity contribution >= 4 is 11.6 Å². The number of carbonyl (C=O) groups excluding carboxylic acids is 1. The molecule has 0 saturated carbocycles. The third-order valence-corrected chi connectivity index (χ3v) is 6.27. The first-order valence-corrected chi connectivity index (χ1v) is 11.3. The van der Waals surface area contributed by atoms with Crippen LogP contribution in [0.4, 0.5) is 5.69 Å². The summed E-state index contributed by atoms with van der Waals surface area (Å²) in [6, 6.07) is 13.5. The monoisotopic (exact) mass is 456 g/mol.